The molecule has 0 rings (SSSR count). The van der Waals surface area contributed by atoms with Crippen LogP contribution in [-0.4, -0.2) is 42.4 Å². The molecule has 0 saturated carbocycles. The molecule has 0 spiro atoms. The molecule has 3 N–H and O–H groups in total. The van der Waals surface area contributed by atoms with Gasteiger partial charge in [-0.25, -0.2) is 0 Å². The quantitative estimate of drug-likeness (QED) is 0.694. The van der Waals surface area contributed by atoms with Crippen LogP contribution in [0.1, 0.15) is 27.7 Å². The Balaban J connectivity index is 4.29. The van der Waals surface area contributed by atoms with E-state index in [-0.39, 0.29) is 23.8 Å². The molecule has 0 aliphatic rings. The number of nitrogens with zero attached hydrogens (tertiary/aromatic N) is 1. The van der Waals surface area contributed by atoms with Crippen molar-refractivity contribution in [3.05, 3.63) is 0 Å². The summed E-state index contributed by atoms with van der Waals surface area (Å²) in [5.41, 5.74) is 5.62. The molecule has 0 fully saturated rings. The van der Waals surface area contributed by atoms with Crippen LogP contribution in [0.4, 0.5) is 0 Å². The van der Waals surface area contributed by atoms with Gasteiger partial charge in [0.25, 0.3) is 0 Å². The summed E-state index contributed by atoms with van der Waals surface area (Å²) in [7, 11) is 1.71. The van der Waals surface area contributed by atoms with E-state index >= 15 is 0 Å². The molecule has 0 aliphatic heterocycles. The van der Waals surface area contributed by atoms with E-state index < -0.39 is 6.04 Å². The minimum atomic E-state index is -0.501. The Bertz CT molecular complexity index is 254. The molecule has 0 aliphatic carbocycles. The predicted molar refractivity (Wildman–Crippen MR) is 63.7 cm³/mol. The molecule has 0 saturated heterocycles. The third-order valence-electron chi connectivity index (χ3n) is 2.78. The lowest BCUT2D eigenvalue weighted by molar-refractivity contribution is -0.135. The van der Waals surface area contributed by atoms with E-state index in [2.05, 4.69) is 5.32 Å². The molecule has 2 amide bonds. The topological polar surface area (TPSA) is 75.4 Å². The maximum absolute atomic E-state index is 11.7. The zero-order valence-corrected chi connectivity index (χ0v) is 10.8. The van der Waals surface area contributed by atoms with Gasteiger partial charge in [-0.2, -0.15) is 0 Å². The van der Waals surface area contributed by atoms with Crippen molar-refractivity contribution in [2.24, 2.45) is 11.7 Å². The second-order valence-electron chi connectivity index (χ2n) is 4.23. The minimum absolute atomic E-state index is 0.0901. The monoisotopic (exact) mass is 229 g/mol. The highest BCUT2D eigenvalue weighted by molar-refractivity contribution is 5.88. The molecule has 3 atom stereocenters. The Morgan fingerprint density at radius 1 is 1.31 bits per heavy atom. The van der Waals surface area contributed by atoms with Crippen LogP contribution in [0.3, 0.4) is 0 Å². The Morgan fingerprint density at radius 3 is 2.19 bits per heavy atom. The predicted octanol–water partition coefficient (Wildman–Crippen LogP) is -0.0473. The molecule has 0 aromatic rings. The molecular formula is C11H23N3O2. The standard InChI is InChI=1S/C11H23N3O2/c1-6-14(5)11(16)9(4)13-10(15)7(2)8(3)12/h7-9H,6,12H2,1-5H3,(H,13,15). The van der Waals surface area contributed by atoms with Gasteiger partial charge in [-0.05, 0) is 20.8 Å². The largest absolute Gasteiger partial charge is 0.344 e. The number of rotatable bonds is 5. The number of likely N-dealkylation sites (N-methyl/N-ethyl adjacent to an activating group) is 1. The SMILES string of the molecule is CCN(C)C(=O)C(C)NC(=O)C(C)C(C)N. The van der Waals surface area contributed by atoms with Crippen molar-refractivity contribution in [3.63, 3.8) is 0 Å². The molecule has 16 heavy (non-hydrogen) atoms. The summed E-state index contributed by atoms with van der Waals surface area (Å²) < 4.78 is 0. The Kier molecular flexibility index (Phi) is 6.03. The van der Waals surface area contributed by atoms with Gasteiger partial charge in [0, 0.05) is 25.6 Å². The van der Waals surface area contributed by atoms with Crippen molar-refractivity contribution in [2.45, 2.75) is 39.8 Å². The number of carbonyl (C=O) groups excluding carboxylic acids is 2. The van der Waals surface area contributed by atoms with Crippen molar-refractivity contribution >= 4 is 11.8 Å². The second-order valence-corrected chi connectivity index (χ2v) is 4.23. The number of amides is 2. The normalized spacial score (nSPS) is 16.1. The number of hydrogen-bond acceptors (Lipinski definition) is 3. The molecule has 94 valence electrons. The van der Waals surface area contributed by atoms with E-state index in [0.29, 0.717) is 6.54 Å². The van der Waals surface area contributed by atoms with Crippen molar-refractivity contribution in [1.82, 2.24) is 10.2 Å². The smallest absolute Gasteiger partial charge is 0.244 e. The molecule has 0 radical (unpaired) electrons. The first-order valence-electron chi connectivity index (χ1n) is 5.62. The first-order chi connectivity index (χ1) is 7.31. The van der Waals surface area contributed by atoms with E-state index in [1.807, 2.05) is 6.92 Å². The van der Waals surface area contributed by atoms with Gasteiger partial charge in [0.2, 0.25) is 11.8 Å². The minimum Gasteiger partial charge on any atom is -0.344 e. The van der Waals surface area contributed by atoms with E-state index in [0.717, 1.165) is 0 Å². The van der Waals surface area contributed by atoms with Crippen molar-refractivity contribution < 1.29 is 9.59 Å². The van der Waals surface area contributed by atoms with Gasteiger partial charge in [-0.15, -0.1) is 0 Å². The summed E-state index contributed by atoms with van der Waals surface area (Å²) in [4.78, 5) is 24.9. The summed E-state index contributed by atoms with van der Waals surface area (Å²) in [6.07, 6.45) is 0. The second kappa shape index (κ2) is 6.48. The van der Waals surface area contributed by atoms with Crippen molar-refractivity contribution in [1.29, 1.82) is 0 Å². The van der Waals surface area contributed by atoms with E-state index in [1.54, 1.807) is 32.7 Å². The lowest BCUT2D eigenvalue weighted by Crippen LogP contribution is -2.49. The molecule has 0 bridgehead atoms. The Morgan fingerprint density at radius 2 is 1.81 bits per heavy atom. The maximum atomic E-state index is 11.7. The summed E-state index contributed by atoms with van der Waals surface area (Å²) in [6.45, 7) is 7.72. The summed E-state index contributed by atoms with van der Waals surface area (Å²) in [5, 5.41) is 2.67. The van der Waals surface area contributed by atoms with Crippen LogP contribution >= 0.6 is 0 Å². The van der Waals surface area contributed by atoms with Gasteiger partial charge >= 0.3 is 0 Å². The lowest BCUT2D eigenvalue weighted by atomic mass is 10.0. The fraction of sp³-hybridized carbons (Fsp3) is 0.818. The average Bonchev–Trinajstić information content (AvgIpc) is 2.25. The van der Waals surface area contributed by atoms with Crippen LogP contribution in [0.15, 0.2) is 0 Å². The summed E-state index contributed by atoms with van der Waals surface area (Å²) in [5.74, 6) is -0.560. The molecule has 0 heterocycles. The molecule has 0 aromatic carbocycles. The van der Waals surface area contributed by atoms with Crippen LogP contribution in [0.2, 0.25) is 0 Å². The number of nitrogens with one attached hydrogen (secondary N) is 1. The van der Waals surface area contributed by atoms with Gasteiger partial charge < -0.3 is 16.0 Å². The lowest BCUT2D eigenvalue weighted by Gasteiger charge is -2.23. The summed E-state index contributed by atoms with van der Waals surface area (Å²) in [6, 6.07) is -0.718. The molecule has 0 aromatic heterocycles. The highest BCUT2D eigenvalue weighted by Crippen LogP contribution is 2.01. The number of nitrogens with two attached hydrogens (primary N) is 1. The zero-order valence-electron chi connectivity index (χ0n) is 10.8. The maximum Gasteiger partial charge on any atom is 0.244 e. The van der Waals surface area contributed by atoms with Crippen LogP contribution in [0.5, 0.6) is 0 Å². The van der Waals surface area contributed by atoms with Gasteiger partial charge in [0.15, 0.2) is 0 Å². The first kappa shape index (κ1) is 14.9. The van der Waals surface area contributed by atoms with E-state index in [4.69, 9.17) is 5.73 Å². The third kappa shape index (κ3) is 4.18. The number of hydrogen-bond donors (Lipinski definition) is 2. The van der Waals surface area contributed by atoms with Crippen LogP contribution in [-0.2, 0) is 9.59 Å². The molecule has 5 nitrogen and oxygen atoms in total. The molecular weight excluding hydrogens is 206 g/mol. The molecule has 5 heteroatoms. The first-order valence-corrected chi connectivity index (χ1v) is 5.62. The average molecular weight is 229 g/mol. The highest BCUT2D eigenvalue weighted by atomic mass is 16.2. The van der Waals surface area contributed by atoms with Crippen molar-refractivity contribution in [3.8, 4) is 0 Å². The summed E-state index contributed by atoms with van der Waals surface area (Å²) >= 11 is 0. The molecule has 3 unspecified atom stereocenters. The fourth-order valence-corrected chi connectivity index (χ4v) is 1.13. The zero-order chi connectivity index (χ0) is 12.9. The fourth-order valence-electron chi connectivity index (χ4n) is 1.13. The van der Waals surface area contributed by atoms with Gasteiger partial charge in [0.1, 0.15) is 6.04 Å². The van der Waals surface area contributed by atoms with E-state index in [1.165, 1.54) is 0 Å². The number of carbonyl (C=O) groups is 2. The van der Waals surface area contributed by atoms with E-state index in [9.17, 15) is 9.59 Å². The van der Waals surface area contributed by atoms with Crippen LogP contribution in [0, 0.1) is 5.92 Å². The Labute approximate surface area is 97.4 Å². The van der Waals surface area contributed by atoms with Gasteiger partial charge in [-0.1, -0.05) is 6.92 Å². The van der Waals surface area contributed by atoms with Crippen LogP contribution in [0.25, 0.3) is 0 Å². The highest BCUT2D eigenvalue weighted by Gasteiger charge is 2.23. The Hall–Kier alpha value is -1.10. The third-order valence-corrected chi connectivity index (χ3v) is 2.78. The van der Waals surface area contributed by atoms with Crippen LogP contribution < -0.4 is 11.1 Å². The van der Waals surface area contributed by atoms with Gasteiger partial charge in [0.05, 0.1) is 0 Å². The van der Waals surface area contributed by atoms with Gasteiger partial charge in [-0.3, -0.25) is 9.59 Å². The van der Waals surface area contributed by atoms with Crippen molar-refractivity contribution in [2.75, 3.05) is 13.6 Å².